The summed E-state index contributed by atoms with van der Waals surface area (Å²) in [6.45, 7) is 10.8. The molecule has 0 atom stereocenters. The number of hydrogen-bond acceptors (Lipinski definition) is 3. The molecule has 0 saturated heterocycles. The van der Waals surface area contributed by atoms with Crippen LogP contribution >= 0.6 is 11.3 Å². The molecule has 2 aromatic rings. The highest BCUT2D eigenvalue weighted by Gasteiger charge is 2.22. The SMILES string of the molecule is CC(C)(C)c1nc2cc(C(C)(C)CO)ccc2s1. The normalized spacial score (nSPS) is 13.2. The van der Waals surface area contributed by atoms with Crippen LogP contribution in [-0.2, 0) is 10.8 Å². The maximum Gasteiger partial charge on any atom is 0.0992 e. The number of rotatable bonds is 2. The number of fused-ring (bicyclic) bond motifs is 1. The van der Waals surface area contributed by atoms with E-state index in [4.69, 9.17) is 4.98 Å². The summed E-state index contributed by atoms with van der Waals surface area (Å²) >= 11 is 1.76. The second-order valence-corrected chi connectivity index (χ2v) is 7.52. The van der Waals surface area contributed by atoms with Gasteiger partial charge in [-0.05, 0) is 17.7 Å². The Morgan fingerprint density at radius 1 is 1.17 bits per heavy atom. The van der Waals surface area contributed by atoms with Gasteiger partial charge in [-0.25, -0.2) is 4.98 Å². The summed E-state index contributed by atoms with van der Waals surface area (Å²) in [6, 6.07) is 6.33. The summed E-state index contributed by atoms with van der Waals surface area (Å²) in [5.41, 5.74) is 2.07. The van der Waals surface area contributed by atoms with Gasteiger partial charge in [-0.1, -0.05) is 40.7 Å². The molecule has 2 nitrogen and oxygen atoms in total. The van der Waals surface area contributed by atoms with Crippen LogP contribution in [-0.4, -0.2) is 16.7 Å². The van der Waals surface area contributed by atoms with Crippen LogP contribution in [0.4, 0.5) is 0 Å². The minimum Gasteiger partial charge on any atom is -0.395 e. The van der Waals surface area contributed by atoms with E-state index >= 15 is 0 Å². The molecule has 1 heterocycles. The number of nitrogens with zero attached hydrogens (tertiary/aromatic N) is 1. The van der Waals surface area contributed by atoms with E-state index in [1.807, 2.05) is 13.8 Å². The van der Waals surface area contributed by atoms with Crippen molar-refractivity contribution in [1.29, 1.82) is 0 Å². The predicted octanol–water partition coefficient (Wildman–Crippen LogP) is 3.86. The molecular weight excluding hydrogens is 242 g/mol. The van der Waals surface area contributed by atoms with E-state index in [0.717, 1.165) is 16.1 Å². The van der Waals surface area contributed by atoms with Crippen molar-refractivity contribution in [3.8, 4) is 0 Å². The van der Waals surface area contributed by atoms with Gasteiger partial charge in [0.25, 0.3) is 0 Å². The van der Waals surface area contributed by atoms with Crippen molar-refractivity contribution in [1.82, 2.24) is 4.98 Å². The average Bonchev–Trinajstić information content (AvgIpc) is 2.71. The molecule has 3 heteroatoms. The summed E-state index contributed by atoms with van der Waals surface area (Å²) in [4.78, 5) is 4.73. The van der Waals surface area contributed by atoms with Crippen LogP contribution in [0.5, 0.6) is 0 Å². The minimum atomic E-state index is -0.209. The Labute approximate surface area is 113 Å². The number of benzene rings is 1. The third kappa shape index (κ3) is 2.43. The second-order valence-electron chi connectivity index (χ2n) is 6.49. The molecule has 0 unspecified atom stereocenters. The van der Waals surface area contributed by atoms with E-state index in [0.29, 0.717) is 0 Å². The van der Waals surface area contributed by atoms with Gasteiger partial charge in [0.05, 0.1) is 21.8 Å². The van der Waals surface area contributed by atoms with Gasteiger partial charge in [0.2, 0.25) is 0 Å². The summed E-state index contributed by atoms with van der Waals surface area (Å²) in [6.07, 6.45) is 0. The molecule has 0 aliphatic rings. The Morgan fingerprint density at radius 2 is 1.83 bits per heavy atom. The first-order chi connectivity index (χ1) is 8.24. The molecule has 18 heavy (non-hydrogen) atoms. The molecule has 0 aliphatic heterocycles. The standard InChI is InChI=1S/C15H21NOS/c1-14(2,3)13-16-11-8-10(15(4,5)9-17)6-7-12(11)18-13/h6-8,17H,9H2,1-5H3. The van der Waals surface area contributed by atoms with E-state index in [1.54, 1.807) is 11.3 Å². The first-order valence-corrected chi connectivity index (χ1v) is 7.08. The van der Waals surface area contributed by atoms with Crippen LogP contribution in [0.2, 0.25) is 0 Å². The minimum absolute atomic E-state index is 0.0936. The van der Waals surface area contributed by atoms with Crippen molar-refractivity contribution < 1.29 is 5.11 Å². The molecule has 0 fully saturated rings. The zero-order valence-electron chi connectivity index (χ0n) is 11.7. The molecule has 0 amide bonds. The summed E-state index contributed by atoms with van der Waals surface area (Å²) in [7, 11) is 0. The van der Waals surface area contributed by atoms with Gasteiger partial charge in [-0.15, -0.1) is 11.3 Å². The van der Waals surface area contributed by atoms with Gasteiger partial charge >= 0.3 is 0 Å². The molecule has 1 aromatic heterocycles. The van der Waals surface area contributed by atoms with Crippen molar-refractivity contribution in [3.05, 3.63) is 28.8 Å². The molecule has 0 bridgehead atoms. The number of hydrogen-bond donors (Lipinski definition) is 1. The molecular formula is C15H21NOS. The van der Waals surface area contributed by atoms with E-state index in [2.05, 4.69) is 39.0 Å². The number of aliphatic hydroxyl groups is 1. The van der Waals surface area contributed by atoms with Crippen LogP contribution in [0, 0.1) is 0 Å². The van der Waals surface area contributed by atoms with Gasteiger partial charge in [0.1, 0.15) is 0 Å². The quantitative estimate of drug-likeness (QED) is 0.892. The third-order valence-electron chi connectivity index (χ3n) is 3.21. The van der Waals surface area contributed by atoms with Gasteiger partial charge in [-0.3, -0.25) is 0 Å². The molecule has 0 radical (unpaired) electrons. The van der Waals surface area contributed by atoms with Gasteiger partial charge in [0, 0.05) is 10.8 Å². The molecule has 98 valence electrons. The fourth-order valence-corrected chi connectivity index (χ4v) is 2.76. The highest BCUT2D eigenvalue weighted by molar-refractivity contribution is 7.18. The lowest BCUT2D eigenvalue weighted by atomic mass is 9.85. The largest absolute Gasteiger partial charge is 0.395 e. The van der Waals surface area contributed by atoms with E-state index < -0.39 is 0 Å². The van der Waals surface area contributed by atoms with Crippen LogP contribution in [0.1, 0.15) is 45.2 Å². The van der Waals surface area contributed by atoms with Crippen LogP contribution < -0.4 is 0 Å². The Hall–Kier alpha value is -0.930. The summed E-state index contributed by atoms with van der Waals surface area (Å²) < 4.78 is 1.22. The molecule has 0 aliphatic carbocycles. The van der Waals surface area contributed by atoms with Gasteiger partial charge in [-0.2, -0.15) is 0 Å². The fraction of sp³-hybridized carbons (Fsp3) is 0.533. The zero-order chi connectivity index (χ0) is 13.6. The molecule has 2 rings (SSSR count). The van der Waals surface area contributed by atoms with Crippen molar-refractivity contribution in [2.75, 3.05) is 6.61 Å². The first-order valence-electron chi connectivity index (χ1n) is 6.26. The lowest BCUT2D eigenvalue weighted by Gasteiger charge is -2.21. The highest BCUT2D eigenvalue weighted by atomic mass is 32.1. The zero-order valence-corrected chi connectivity index (χ0v) is 12.6. The smallest absolute Gasteiger partial charge is 0.0992 e. The lowest BCUT2D eigenvalue weighted by Crippen LogP contribution is -2.21. The second kappa shape index (κ2) is 4.32. The van der Waals surface area contributed by atoms with Crippen molar-refractivity contribution in [2.24, 2.45) is 0 Å². The Bertz CT molecular complexity index is 563. The predicted molar refractivity (Wildman–Crippen MR) is 78.4 cm³/mol. The topological polar surface area (TPSA) is 33.1 Å². The van der Waals surface area contributed by atoms with E-state index in [9.17, 15) is 5.11 Å². The maximum absolute atomic E-state index is 9.44. The van der Waals surface area contributed by atoms with Crippen molar-refractivity contribution >= 4 is 21.6 Å². The Balaban J connectivity index is 2.53. The maximum atomic E-state index is 9.44. The average molecular weight is 263 g/mol. The van der Waals surface area contributed by atoms with Gasteiger partial charge < -0.3 is 5.11 Å². The van der Waals surface area contributed by atoms with Gasteiger partial charge in [0.15, 0.2) is 0 Å². The highest BCUT2D eigenvalue weighted by Crippen LogP contribution is 2.33. The summed E-state index contributed by atoms with van der Waals surface area (Å²) in [5, 5.41) is 10.6. The van der Waals surface area contributed by atoms with Crippen molar-refractivity contribution in [2.45, 2.75) is 45.4 Å². The Kier molecular flexibility index (Phi) is 3.24. The third-order valence-corrected chi connectivity index (χ3v) is 4.67. The van der Waals surface area contributed by atoms with E-state index in [-0.39, 0.29) is 17.4 Å². The van der Waals surface area contributed by atoms with Crippen LogP contribution in [0.15, 0.2) is 18.2 Å². The van der Waals surface area contributed by atoms with Crippen molar-refractivity contribution in [3.63, 3.8) is 0 Å². The molecule has 1 N–H and O–H groups in total. The molecule has 1 aromatic carbocycles. The fourth-order valence-electron chi connectivity index (χ4n) is 1.76. The van der Waals surface area contributed by atoms with E-state index in [1.165, 1.54) is 4.70 Å². The lowest BCUT2D eigenvalue weighted by molar-refractivity contribution is 0.218. The summed E-state index contributed by atoms with van der Waals surface area (Å²) in [5.74, 6) is 0. The van der Waals surface area contributed by atoms with Crippen LogP contribution in [0.25, 0.3) is 10.2 Å². The number of aliphatic hydroxyl groups excluding tert-OH is 1. The first kappa shape index (κ1) is 13.5. The van der Waals surface area contributed by atoms with Crippen LogP contribution in [0.3, 0.4) is 0 Å². The Morgan fingerprint density at radius 3 is 2.39 bits per heavy atom. The monoisotopic (exact) mass is 263 g/mol. The molecule has 0 saturated carbocycles. The number of aromatic nitrogens is 1. The number of thiazole rings is 1. The molecule has 0 spiro atoms.